The molecular formula is C18H15N5O2. The second-order valence-electron chi connectivity index (χ2n) is 5.49. The number of aromatic amines is 1. The second kappa shape index (κ2) is 6.12. The van der Waals surface area contributed by atoms with Crippen LogP contribution in [-0.4, -0.2) is 19.7 Å². The van der Waals surface area contributed by atoms with Gasteiger partial charge in [0.2, 0.25) is 5.95 Å². The number of nitrogens with one attached hydrogen (secondary N) is 2. The van der Waals surface area contributed by atoms with E-state index in [0.29, 0.717) is 22.7 Å². The molecule has 2 aromatic carbocycles. The third kappa shape index (κ3) is 3.07. The number of fused-ring (bicyclic) bond motifs is 1. The summed E-state index contributed by atoms with van der Waals surface area (Å²) in [4.78, 5) is 19.2. The molecule has 2 heterocycles. The molecule has 0 aliphatic rings. The summed E-state index contributed by atoms with van der Waals surface area (Å²) >= 11 is 0. The summed E-state index contributed by atoms with van der Waals surface area (Å²) in [7, 11) is 1.74. The Morgan fingerprint density at radius 2 is 1.88 bits per heavy atom. The summed E-state index contributed by atoms with van der Waals surface area (Å²) in [6.07, 6.45) is 1.50. The fourth-order valence-electron chi connectivity index (χ4n) is 2.49. The zero-order valence-electron chi connectivity index (χ0n) is 13.4. The average Bonchev–Trinajstić information content (AvgIpc) is 2.98. The first-order chi connectivity index (χ1) is 12.2. The highest BCUT2D eigenvalue weighted by Crippen LogP contribution is 2.25. The van der Waals surface area contributed by atoms with Gasteiger partial charge in [0.15, 0.2) is 5.65 Å². The third-order valence-electron chi connectivity index (χ3n) is 3.68. The fraction of sp³-hybridized carbons (Fsp3) is 0.0556. The largest absolute Gasteiger partial charge is 0.457 e. The maximum Gasteiger partial charge on any atom is 0.263 e. The number of ether oxygens (including phenoxy) is 1. The van der Waals surface area contributed by atoms with E-state index in [1.807, 2.05) is 54.6 Å². The minimum absolute atomic E-state index is 0.239. The zero-order valence-corrected chi connectivity index (χ0v) is 13.4. The lowest BCUT2D eigenvalue weighted by Gasteiger charge is -2.09. The standard InChI is InChI=1S/C18H15N5O2/c1-23-16-15(11-19-23)17(24)22-18(21-16)20-12-6-5-9-14(10-12)25-13-7-3-2-4-8-13/h2-11H,1H3,(H2,20,21,22,24). The SMILES string of the molecule is Cn1ncc2c(=O)[nH]c(Nc3cccc(Oc4ccccc4)c3)nc21. The second-order valence-corrected chi connectivity index (χ2v) is 5.49. The molecule has 0 radical (unpaired) electrons. The molecule has 7 heteroatoms. The maximum atomic E-state index is 12.1. The fourth-order valence-corrected chi connectivity index (χ4v) is 2.49. The summed E-state index contributed by atoms with van der Waals surface area (Å²) < 4.78 is 7.37. The Kier molecular flexibility index (Phi) is 3.66. The normalized spacial score (nSPS) is 10.8. The van der Waals surface area contributed by atoms with Gasteiger partial charge in [-0.2, -0.15) is 10.1 Å². The van der Waals surface area contributed by atoms with Gasteiger partial charge in [-0.15, -0.1) is 0 Å². The Morgan fingerprint density at radius 1 is 1.08 bits per heavy atom. The Morgan fingerprint density at radius 3 is 2.72 bits per heavy atom. The Labute approximate surface area is 142 Å². The monoisotopic (exact) mass is 333 g/mol. The van der Waals surface area contributed by atoms with Gasteiger partial charge in [0.1, 0.15) is 16.9 Å². The van der Waals surface area contributed by atoms with Crippen LogP contribution in [0.1, 0.15) is 0 Å². The van der Waals surface area contributed by atoms with Crippen molar-refractivity contribution in [1.29, 1.82) is 0 Å². The van der Waals surface area contributed by atoms with Crippen molar-refractivity contribution in [3.63, 3.8) is 0 Å². The lowest BCUT2D eigenvalue weighted by molar-refractivity contribution is 0.483. The molecule has 0 spiro atoms. The highest BCUT2D eigenvalue weighted by atomic mass is 16.5. The summed E-state index contributed by atoms with van der Waals surface area (Å²) in [5.41, 5.74) is 1.03. The van der Waals surface area contributed by atoms with Gasteiger partial charge in [0, 0.05) is 18.8 Å². The minimum Gasteiger partial charge on any atom is -0.457 e. The first kappa shape index (κ1) is 14.9. The van der Waals surface area contributed by atoms with E-state index in [4.69, 9.17) is 4.74 Å². The van der Waals surface area contributed by atoms with Gasteiger partial charge in [0.25, 0.3) is 5.56 Å². The number of benzene rings is 2. The lowest BCUT2D eigenvalue weighted by atomic mass is 10.3. The van der Waals surface area contributed by atoms with E-state index < -0.39 is 0 Å². The van der Waals surface area contributed by atoms with Gasteiger partial charge in [-0.05, 0) is 24.3 Å². The molecule has 0 amide bonds. The number of hydrogen-bond acceptors (Lipinski definition) is 5. The highest BCUT2D eigenvalue weighted by Gasteiger charge is 2.08. The molecule has 0 saturated heterocycles. The van der Waals surface area contributed by atoms with E-state index in [9.17, 15) is 4.79 Å². The highest BCUT2D eigenvalue weighted by molar-refractivity contribution is 5.75. The molecule has 2 aromatic heterocycles. The molecule has 7 nitrogen and oxygen atoms in total. The summed E-state index contributed by atoms with van der Waals surface area (Å²) in [5, 5.41) is 7.60. The first-order valence-corrected chi connectivity index (χ1v) is 7.71. The van der Waals surface area contributed by atoms with Gasteiger partial charge >= 0.3 is 0 Å². The molecule has 0 aliphatic heterocycles. The Bertz CT molecular complexity index is 1090. The molecule has 2 N–H and O–H groups in total. The van der Waals surface area contributed by atoms with E-state index in [-0.39, 0.29) is 5.56 Å². The summed E-state index contributed by atoms with van der Waals surface area (Å²) in [6, 6.07) is 16.9. The Balaban J connectivity index is 1.62. The van der Waals surface area contributed by atoms with Crippen molar-refractivity contribution >= 4 is 22.7 Å². The molecule has 0 fully saturated rings. The molecule has 0 bridgehead atoms. The van der Waals surface area contributed by atoms with Crippen molar-refractivity contribution in [2.24, 2.45) is 7.05 Å². The number of aromatic nitrogens is 4. The van der Waals surface area contributed by atoms with Crippen LogP contribution in [0.2, 0.25) is 0 Å². The van der Waals surface area contributed by atoms with E-state index in [1.54, 1.807) is 11.7 Å². The maximum absolute atomic E-state index is 12.1. The smallest absolute Gasteiger partial charge is 0.263 e. The molecule has 0 unspecified atom stereocenters. The van der Waals surface area contributed by atoms with E-state index >= 15 is 0 Å². The molecule has 0 atom stereocenters. The van der Waals surface area contributed by atoms with Gasteiger partial charge in [-0.3, -0.25) is 14.5 Å². The van der Waals surface area contributed by atoms with E-state index in [0.717, 1.165) is 11.4 Å². The number of rotatable bonds is 4. The van der Waals surface area contributed by atoms with Gasteiger partial charge in [-0.1, -0.05) is 24.3 Å². The number of aryl methyl sites for hydroxylation is 1. The molecule has 124 valence electrons. The average molecular weight is 333 g/mol. The third-order valence-corrected chi connectivity index (χ3v) is 3.68. The molecule has 25 heavy (non-hydrogen) atoms. The van der Waals surface area contributed by atoms with Crippen LogP contribution < -0.4 is 15.6 Å². The van der Waals surface area contributed by atoms with Gasteiger partial charge in [-0.25, -0.2) is 0 Å². The van der Waals surface area contributed by atoms with Crippen molar-refractivity contribution in [1.82, 2.24) is 19.7 Å². The van der Waals surface area contributed by atoms with Crippen LogP contribution in [0.15, 0.2) is 65.6 Å². The van der Waals surface area contributed by atoms with E-state index in [1.165, 1.54) is 6.20 Å². The summed E-state index contributed by atoms with van der Waals surface area (Å²) in [6.45, 7) is 0. The predicted octanol–water partition coefficient (Wildman–Crippen LogP) is 3.19. The molecule has 4 aromatic rings. The van der Waals surface area contributed by atoms with Crippen LogP contribution in [0.5, 0.6) is 11.5 Å². The Hall–Kier alpha value is -3.61. The number of para-hydroxylation sites is 1. The van der Waals surface area contributed by atoms with Crippen molar-refractivity contribution in [2.45, 2.75) is 0 Å². The van der Waals surface area contributed by atoms with Crippen molar-refractivity contribution in [3.8, 4) is 11.5 Å². The number of H-pyrrole nitrogens is 1. The number of nitrogens with zero attached hydrogens (tertiary/aromatic N) is 3. The van der Waals surface area contributed by atoms with Crippen LogP contribution in [0.4, 0.5) is 11.6 Å². The lowest BCUT2D eigenvalue weighted by Crippen LogP contribution is -2.11. The van der Waals surface area contributed by atoms with Crippen LogP contribution in [0.3, 0.4) is 0 Å². The predicted molar refractivity (Wildman–Crippen MR) is 95.4 cm³/mol. The van der Waals surface area contributed by atoms with Crippen LogP contribution in [0, 0.1) is 0 Å². The molecule has 0 aliphatic carbocycles. The van der Waals surface area contributed by atoms with Crippen molar-refractivity contribution < 1.29 is 4.74 Å². The van der Waals surface area contributed by atoms with Gasteiger partial charge in [0.05, 0.1) is 6.20 Å². The van der Waals surface area contributed by atoms with E-state index in [2.05, 4.69) is 20.4 Å². The minimum atomic E-state index is -0.239. The van der Waals surface area contributed by atoms with Crippen LogP contribution in [0.25, 0.3) is 11.0 Å². The molecule has 4 rings (SSSR count). The first-order valence-electron chi connectivity index (χ1n) is 7.71. The van der Waals surface area contributed by atoms with Gasteiger partial charge < -0.3 is 10.1 Å². The van der Waals surface area contributed by atoms with Crippen LogP contribution >= 0.6 is 0 Å². The number of hydrogen-bond donors (Lipinski definition) is 2. The quantitative estimate of drug-likeness (QED) is 0.599. The topological polar surface area (TPSA) is 84.8 Å². The zero-order chi connectivity index (χ0) is 17.2. The van der Waals surface area contributed by atoms with Crippen molar-refractivity contribution in [3.05, 3.63) is 71.1 Å². The number of anilines is 2. The molecule has 0 saturated carbocycles. The van der Waals surface area contributed by atoms with Crippen molar-refractivity contribution in [2.75, 3.05) is 5.32 Å². The van der Waals surface area contributed by atoms with Crippen LogP contribution in [-0.2, 0) is 7.05 Å². The summed E-state index contributed by atoms with van der Waals surface area (Å²) in [5.74, 6) is 1.78. The molecular weight excluding hydrogens is 318 g/mol.